The molecule has 0 aliphatic heterocycles. The molecular weight excluding hydrogens is 348 g/mol. The van der Waals surface area contributed by atoms with Crippen molar-refractivity contribution in [2.75, 3.05) is 5.73 Å². The lowest BCUT2D eigenvalue weighted by molar-refractivity contribution is 0.711. The number of nitrogens with two attached hydrogens (primary N) is 1. The molecule has 2 N–H and O–H groups in total. The van der Waals surface area contributed by atoms with Crippen molar-refractivity contribution in [3.63, 3.8) is 0 Å². The SMILES string of the molecule is C#Cc1cc(N)c(C)cc1Cc1csc(-c2ccc3c(c2)CCCCC3)n1. The molecule has 2 aromatic carbocycles. The van der Waals surface area contributed by atoms with Crippen LogP contribution in [0.3, 0.4) is 0 Å². The summed E-state index contributed by atoms with van der Waals surface area (Å²) in [4.78, 5) is 4.89. The van der Waals surface area contributed by atoms with Crippen LogP contribution in [0.1, 0.15) is 52.8 Å². The van der Waals surface area contributed by atoms with E-state index in [-0.39, 0.29) is 0 Å². The Bertz CT molecular complexity index is 1020. The zero-order chi connectivity index (χ0) is 18.8. The summed E-state index contributed by atoms with van der Waals surface area (Å²) in [6.45, 7) is 2.02. The second kappa shape index (κ2) is 7.58. The predicted molar refractivity (Wildman–Crippen MR) is 115 cm³/mol. The third-order valence-corrected chi connectivity index (χ3v) is 6.36. The van der Waals surface area contributed by atoms with E-state index in [1.807, 2.05) is 13.0 Å². The molecule has 0 atom stereocenters. The molecule has 1 aromatic heterocycles. The number of anilines is 1. The van der Waals surface area contributed by atoms with Crippen LogP contribution in [0.2, 0.25) is 0 Å². The summed E-state index contributed by atoms with van der Waals surface area (Å²) in [6, 6.07) is 10.9. The first-order chi connectivity index (χ1) is 13.1. The number of nitrogens with zero attached hydrogens (tertiary/aromatic N) is 1. The largest absolute Gasteiger partial charge is 0.398 e. The van der Waals surface area contributed by atoms with Gasteiger partial charge < -0.3 is 5.73 Å². The monoisotopic (exact) mass is 372 g/mol. The number of nitrogen functional groups attached to an aromatic ring is 1. The fraction of sp³-hybridized carbons (Fsp3) is 0.292. The Balaban J connectivity index is 1.61. The molecule has 136 valence electrons. The maximum atomic E-state index is 6.00. The lowest BCUT2D eigenvalue weighted by atomic mass is 9.99. The van der Waals surface area contributed by atoms with Crippen molar-refractivity contribution in [1.82, 2.24) is 4.98 Å². The normalized spacial score (nSPS) is 13.6. The highest BCUT2D eigenvalue weighted by Gasteiger charge is 2.12. The highest BCUT2D eigenvalue weighted by molar-refractivity contribution is 7.13. The maximum Gasteiger partial charge on any atom is 0.123 e. The molecule has 3 heteroatoms. The maximum absolute atomic E-state index is 6.00. The zero-order valence-corrected chi connectivity index (χ0v) is 16.5. The summed E-state index contributed by atoms with van der Waals surface area (Å²) in [5.74, 6) is 2.76. The van der Waals surface area contributed by atoms with Gasteiger partial charge in [-0.2, -0.15) is 0 Å². The molecule has 27 heavy (non-hydrogen) atoms. The van der Waals surface area contributed by atoms with Crippen molar-refractivity contribution >= 4 is 17.0 Å². The first-order valence-corrected chi connectivity index (χ1v) is 10.4. The Hall–Kier alpha value is -2.57. The average Bonchev–Trinajstić information content (AvgIpc) is 3.00. The van der Waals surface area contributed by atoms with Crippen molar-refractivity contribution in [2.24, 2.45) is 0 Å². The summed E-state index contributed by atoms with van der Waals surface area (Å²) in [6.07, 6.45) is 12.8. The summed E-state index contributed by atoms with van der Waals surface area (Å²) < 4.78 is 0. The predicted octanol–water partition coefficient (Wildman–Crippen LogP) is 5.54. The van der Waals surface area contributed by atoms with Gasteiger partial charge >= 0.3 is 0 Å². The third kappa shape index (κ3) is 3.77. The Morgan fingerprint density at radius 2 is 1.93 bits per heavy atom. The number of aromatic nitrogens is 1. The van der Waals surface area contributed by atoms with Gasteiger partial charge in [0.2, 0.25) is 0 Å². The number of hydrogen-bond acceptors (Lipinski definition) is 3. The Kier molecular flexibility index (Phi) is 5.01. The van der Waals surface area contributed by atoms with Crippen LogP contribution in [-0.4, -0.2) is 4.98 Å². The number of benzene rings is 2. The van der Waals surface area contributed by atoms with Gasteiger partial charge in [-0.1, -0.05) is 30.5 Å². The minimum atomic E-state index is 0.738. The highest BCUT2D eigenvalue weighted by Crippen LogP contribution is 2.30. The van der Waals surface area contributed by atoms with Crippen LogP contribution in [-0.2, 0) is 19.3 Å². The van der Waals surface area contributed by atoms with Crippen molar-refractivity contribution < 1.29 is 0 Å². The van der Waals surface area contributed by atoms with Crippen molar-refractivity contribution in [3.8, 4) is 22.9 Å². The van der Waals surface area contributed by atoms with Crippen LogP contribution >= 0.6 is 11.3 Å². The lowest BCUT2D eigenvalue weighted by Gasteiger charge is -2.08. The van der Waals surface area contributed by atoms with E-state index in [1.165, 1.54) is 48.8 Å². The Morgan fingerprint density at radius 1 is 1.11 bits per heavy atom. The first-order valence-electron chi connectivity index (χ1n) is 9.56. The molecule has 1 aliphatic carbocycles. The molecule has 2 nitrogen and oxygen atoms in total. The van der Waals surface area contributed by atoms with Crippen LogP contribution in [0.5, 0.6) is 0 Å². The molecule has 0 amide bonds. The standard InChI is InChI=1S/C24H24N2S/c1-3-17-14-23(25)16(2)11-21(17)13-22-15-27-24(26-22)20-10-9-18-7-5-4-6-8-19(18)12-20/h1,9-12,14-15H,4-8,13,25H2,2H3. The minimum absolute atomic E-state index is 0.738. The number of rotatable bonds is 3. The number of hydrogen-bond donors (Lipinski definition) is 1. The summed E-state index contributed by atoms with van der Waals surface area (Å²) in [7, 11) is 0. The van der Waals surface area contributed by atoms with Crippen LogP contribution in [0.4, 0.5) is 5.69 Å². The van der Waals surface area contributed by atoms with E-state index in [1.54, 1.807) is 11.3 Å². The fourth-order valence-corrected chi connectivity index (χ4v) is 4.64. The molecule has 1 heterocycles. The molecule has 0 saturated heterocycles. The number of fused-ring (bicyclic) bond motifs is 1. The molecular formula is C24H24N2S. The van der Waals surface area contributed by atoms with Gasteiger partial charge in [0.05, 0.1) is 5.69 Å². The fourth-order valence-electron chi connectivity index (χ4n) is 3.82. The van der Waals surface area contributed by atoms with Gasteiger partial charge in [-0.25, -0.2) is 4.98 Å². The van der Waals surface area contributed by atoms with E-state index in [0.29, 0.717) is 0 Å². The first kappa shape index (κ1) is 17.8. The Morgan fingerprint density at radius 3 is 2.74 bits per heavy atom. The van der Waals surface area contributed by atoms with Crippen LogP contribution < -0.4 is 5.73 Å². The van der Waals surface area contributed by atoms with Crippen molar-refractivity contribution in [3.05, 3.63) is 69.2 Å². The summed E-state index contributed by atoms with van der Waals surface area (Å²) in [5, 5.41) is 3.24. The third-order valence-electron chi connectivity index (χ3n) is 5.42. The van der Waals surface area contributed by atoms with Gasteiger partial charge in [-0.05, 0) is 67.0 Å². The van der Waals surface area contributed by atoms with Crippen molar-refractivity contribution in [1.29, 1.82) is 0 Å². The van der Waals surface area contributed by atoms with E-state index in [2.05, 4.69) is 35.6 Å². The molecule has 1 aliphatic rings. The van der Waals surface area contributed by atoms with E-state index in [0.717, 1.165) is 39.5 Å². The van der Waals surface area contributed by atoms with E-state index in [4.69, 9.17) is 17.1 Å². The number of aryl methyl sites for hydroxylation is 3. The zero-order valence-electron chi connectivity index (χ0n) is 15.7. The van der Waals surface area contributed by atoms with Crippen molar-refractivity contribution in [2.45, 2.75) is 45.4 Å². The van der Waals surface area contributed by atoms with Gasteiger partial charge in [0, 0.05) is 28.6 Å². The average molecular weight is 373 g/mol. The van der Waals surface area contributed by atoms with Gasteiger partial charge in [-0.15, -0.1) is 17.8 Å². The molecule has 0 saturated carbocycles. The summed E-state index contributed by atoms with van der Waals surface area (Å²) in [5.41, 5.74) is 15.1. The van der Waals surface area contributed by atoms with Gasteiger partial charge in [0.1, 0.15) is 5.01 Å². The Labute approximate surface area is 165 Å². The molecule has 0 unspecified atom stereocenters. The second-order valence-corrected chi connectivity index (χ2v) is 8.23. The van der Waals surface area contributed by atoms with E-state index < -0.39 is 0 Å². The quantitative estimate of drug-likeness (QED) is 0.372. The molecule has 3 aromatic rings. The number of thiazole rings is 1. The topological polar surface area (TPSA) is 38.9 Å². The molecule has 4 rings (SSSR count). The van der Waals surface area contributed by atoms with Gasteiger partial charge in [0.15, 0.2) is 0 Å². The van der Waals surface area contributed by atoms with Gasteiger partial charge in [0.25, 0.3) is 0 Å². The van der Waals surface area contributed by atoms with Gasteiger partial charge in [-0.3, -0.25) is 0 Å². The van der Waals surface area contributed by atoms with Crippen LogP contribution in [0, 0.1) is 19.3 Å². The van der Waals surface area contributed by atoms with E-state index >= 15 is 0 Å². The smallest absolute Gasteiger partial charge is 0.123 e. The lowest BCUT2D eigenvalue weighted by Crippen LogP contribution is -1.98. The minimum Gasteiger partial charge on any atom is -0.398 e. The second-order valence-electron chi connectivity index (χ2n) is 7.38. The molecule has 0 radical (unpaired) electrons. The molecule has 0 spiro atoms. The summed E-state index contributed by atoms with van der Waals surface area (Å²) >= 11 is 1.71. The van der Waals surface area contributed by atoms with E-state index in [9.17, 15) is 0 Å². The van der Waals surface area contributed by atoms with Crippen LogP contribution in [0.25, 0.3) is 10.6 Å². The molecule has 0 bridgehead atoms. The number of terminal acetylenes is 1. The van der Waals surface area contributed by atoms with Crippen LogP contribution in [0.15, 0.2) is 35.7 Å². The molecule has 0 fully saturated rings. The highest BCUT2D eigenvalue weighted by atomic mass is 32.1.